The van der Waals surface area contributed by atoms with Gasteiger partial charge in [0.15, 0.2) is 0 Å². The fourth-order valence-electron chi connectivity index (χ4n) is 1.52. The normalized spacial score (nSPS) is 12.2. The first-order chi connectivity index (χ1) is 8.56. The zero-order chi connectivity index (χ0) is 13.1. The van der Waals surface area contributed by atoms with Crippen molar-refractivity contribution in [3.05, 3.63) is 58.3 Å². The average Bonchev–Trinajstić information content (AvgIpc) is 2.31. The van der Waals surface area contributed by atoms with Gasteiger partial charge >= 0.3 is 0 Å². The van der Waals surface area contributed by atoms with Gasteiger partial charge in [0.1, 0.15) is 17.3 Å². The quantitative estimate of drug-likeness (QED) is 0.908. The second-order valence-corrected chi connectivity index (χ2v) is 4.78. The second kappa shape index (κ2) is 5.50. The third-order valence-corrected chi connectivity index (χ3v) is 3.08. The Labute approximate surface area is 113 Å². The first kappa shape index (κ1) is 13.1. The molecule has 1 atom stereocenters. The number of rotatable bonds is 3. The molecule has 2 rings (SSSR count). The summed E-state index contributed by atoms with van der Waals surface area (Å²) in [7, 11) is 0. The molecule has 0 spiro atoms. The van der Waals surface area contributed by atoms with Gasteiger partial charge in [-0.05, 0) is 52.7 Å². The third-order valence-electron chi connectivity index (χ3n) is 2.46. The minimum atomic E-state index is -0.537. The van der Waals surface area contributed by atoms with Crippen molar-refractivity contribution in [2.24, 2.45) is 0 Å². The monoisotopic (exact) mass is 310 g/mol. The van der Waals surface area contributed by atoms with Crippen molar-refractivity contribution in [1.82, 2.24) is 0 Å². The van der Waals surface area contributed by atoms with Gasteiger partial charge in [-0.3, -0.25) is 0 Å². The van der Waals surface area contributed by atoms with Crippen LogP contribution in [-0.2, 0) is 0 Å². The summed E-state index contributed by atoms with van der Waals surface area (Å²) >= 11 is 3.36. The second-order valence-electron chi connectivity index (χ2n) is 3.93. The fourth-order valence-corrected chi connectivity index (χ4v) is 1.99. The van der Waals surface area contributed by atoms with Gasteiger partial charge in [-0.1, -0.05) is 12.1 Å². The lowest BCUT2D eigenvalue weighted by atomic mass is 10.1. The Hall–Kier alpha value is -1.39. The average molecular weight is 311 g/mol. The Bertz CT molecular complexity index is 555. The van der Waals surface area contributed by atoms with Crippen LogP contribution in [0.5, 0.6) is 11.5 Å². The van der Waals surface area contributed by atoms with Crippen molar-refractivity contribution in [3.8, 4) is 11.5 Å². The van der Waals surface area contributed by atoms with Crippen LogP contribution in [0, 0.1) is 5.82 Å². The van der Waals surface area contributed by atoms with E-state index in [1.54, 1.807) is 37.3 Å². The number of benzene rings is 2. The maximum absolute atomic E-state index is 13.0. The first-order valence-electron chi connectivity index (χ1n) is 5.47. The van der Waals surface area contributed by atoms with E-state index in [4.69, 9.17) is 4.74 Å². The third kappa shape index (κ3) is 3.09. The maximum Gasteiger partial charge on any atom is 0.141 e. The topological polar surface area (TPSA) is 29.5 Å². The molecule has 0 radical (unpaired) electrons. The molecule has 0 aliphatic carbocycles. The van der Waals surface area contributed by atoms with Crippen LogP contribution in [0.4, 0.5) is 4.39 Å². The van der Waals surface area contributed by atoms with Crippen molar-refractivity contribution in [1.29, 1.82) is 0 Å². The molecule has 2 nitrogen and oxygen atoms in total. The molecule has 0 saturated heterocycles. The number of ether oxygens (including phenoxy) is 1. The highest BCUT2D eigenvalue weighted by atomic mass is 79.9. The lowest BCUT2D eigenvalue weighted by molar-refractivity contribution is 0.199. The maximum atomic E-state index is 13.0. The molecule has 18 heavy (non-hydrogen) atoms. The molecule has 2 aromatic carbocycles. The highest BCUT2D eigenvalue weighted by Crippen LogP contribution is 2.32. The van der Waals surface area contributed by atoms with Gasteiger partial charge in [0.05, 0.1) is 10.6 Å². The Morgan fingerprint density at radius 2 is 2.00 bits per heavy atom. The minimum absolute atomic E-state index is 0.343. The van der Waals surface area contributed by atoms with Crippen LogP contribution in [-0.4, -0.2) is 5.11 Å². The molecule has 0 aromatic heterocycles. The number of hydrogen-bond acceptors (Lipinski definition) is 2. The van der Waals surface area contributed by atoms with Crippen molar-refractivity contribution in [2.45, 2.75) is 13.0 Å². The van der Waals surface area contributed by atoms with Crippen LogP contribution >= 0.6 is 15.9 Å². The summed E-state index contributed by atoms with van der Waals surface area (Å²) in [6.45, 7) is 1.69. The molecule has 0 bridgehead atoms. The summed E-state index contributed by atoms with van der Waals surface area (Å²) in [5.41, 5.74) is 0.786. The Balaban J connectivity index is 2.24. The van der Waals surface area contributed by atoms with E-state index < -0.39 is 6.10 Å². The van der Waals surface area contributed by atoms with Crippen molar-refractivity contribution < 1.29 is 14.2 Å². The molecule has 0 unspecified atom stereocenters. The van der Waals surface area contributed by atoms with Gasteiger partial charge in [-0.2, -0.15) is 0 Å². The zero-order valence-electron chi connectivity index (χ0n) is 9.73. The van der Waals surface area contributed by atoms with Gasteiger partial charge in [-0.15, -0.1) is 0 Å². The van der Waals surface area contributed by atoms with E-state index in [0.29, 0.717) is 16.0 Å². The minimum Gasteiger partial charge on any atom is -0.456 e. The summed E-state index contributed by atoms with van der Waals surface area (Å²) < 4.78 is 19.3. The highest BCUT2D eigenvalue weighted by molar-refractivity contribution is 9.10. The molecule has 1 N–H and O–H groups in total. The lowest BCUT2D eigenvalue weighted by Crippen LogP contribution is -1.92. The predicted octanol–water partition coefficient (Wildman–Crippen LogP) is 4.43. The number of halogens is 2. The van der Waals surface area contributed by atoms with E-state index in [-0.39, 0.29) is 5.82 Å². The first-order valence-corrected chi connectivity index (χ1v) is 6.26. The fraction of sp³-hybridized carbons (Fsp3) is 0.143. The molecule has 2 aromatic rings. The van der Waals surface area contributed by atoms with Gasteiger partial charge in [0.25, 0.3) is 0 Å². The smallest absolute Gasteiger partial charge is 0.141 e. The molecule has 4 heteroatoms. The van der Waals surface area contributed by atoms with Gasteiger partial charge in [0, 0.05) is 6.07 Å². The lowest BCUT2D eigenvalue weighted by Gasteiger charge is -2.10. The summed E-state index contributed by atoms with van der Waals surface area (Å²) in [5, 5.41) is 9.45. The molecule has 0 amide bonds. The largest absolute Gasteiger partial charge is 0.456 e. The van der Waals surface area contributed by atoms with E-state index in [1.165, 1.54) is 12.1 Å². The van der Waals surface area contributed by atoms with Crippen molar-refractivity contribution in [3.63, 3.8) is 0 Å². The summed E-state index contributed by atoms with van der Waals surface area (Å²) in [5.74, 6) is 0.662. The van der Waals surface area contributed by atoms with E-state index in [9.17, 15) is 9.50 Å². The van der Waals surface area contributed by atoms with Crippen LogP contribution in [0.3, 0.4) is 0 Å². The van der Waals surface area contributed by atoms with Crippen molar-refractivity contribution in [2.75, 3.05) is 0 Å². The van der Waals surface area contributed by atoms with Gasteiger partial charge in [-0.25, -0.2) is 4.39 Å². The molecular formula is C14H12BrFO2. The van der Waals surface area contributed by atoms with Gasteiger partial charge < -0.3 is 9.84 Å². The molecule has 94 valence electrons. The Morgan fingerprint density at radius 1 is 1.22 bits per heavy atom. The highest BCUT2D eigenvalue weighted by Gasteiger charge is 2.07. The van der Waals surface area contributed by atoms with Crippen LogP contribution in [0.2, 0.25) is 0 Å². The molecular weight excluding hydrogens is 299 g/mol. The van der Waals surface area contributed by atoms with E-state index in [0.717, 1.165) is 5.56 Å². The van der Waals surface area contributed by atoms with Crippen LogP contribution < -0.4 is 4.74 Å². The van der Waals surface area contributed by atoms with E-state index >= 15 is 0 Å². The summed E-state index contributed by atoms with van der Waals surface area (Å²) in [6.07, 6.45) is -0.537. The SMILES string of the molecule is C[C@H](O)c1ccc(Oc2cccc(F)c2)c(Br)c1. The van der Waals surface area contributed by atoms with Crippen LogP contribution in [0.25, 0.3) is 0 Å². The van der Waals surface area contributed by atoms with Gasteiger partial charge in [0.2, 0.25) is 0 Å². The standard InChI is InChI=1S/C14H12BrFO2/c1-9(17)10-5-6-14(13(15)7-10)18-12-4-2-3-11(16)8-12/h2-9,17H,1H3/t9-/m0/s1. The number of aliphatic hydroxyl groups is 1. The van der Waals surface area contributed by atoms with E-state index in [2.05, 4.69) is 15.9 Å². The molecule has 0 saturated carbocycles. The van der Waals surface area contributed by atoms with Crippen LogP contribution in [0.15, 0.2) is 46.9 Å². The number of hydrogen-bond donors (Lipinski definition) is 1. The number of aliphatic hydroxyl groups excluding tert-OH is 1. The van der Waals surface area contributed by atoms with Crippen molar-refractivity contribution >= 4 is 15.9 Å². The molecule has 0 heterocycles. The molecule has 0 fully saturated rings. The Morgan fingerprint density at radius 3 is 2.61 bits per heavy atom. The Kier molecular flexibility index (Phi) is 3.99. The summed E-state index contributed by atoms with van der Waals surface area (Å²) in [6, 6.07) is 11.2. The molecule has 0 aliphatic rings. The molecule has 0 aliphatic heterocycles. The summed E-state index contributed by atoms with van der Waals surface area (Å²) in [4.78, 5) is 0. The van der Waals surface area contributed by atoms with Crippen LogP contribution in [0.1, 0.15) is 18.6 Å². The van der Waals surface area contributed by atoms with E-state index in [1.807, 2.05) is 0 Å². The zero-order valence-corrected chi connectivity index (χ0v) is 11.3. The predicted molar refractivity (Wildman–Crippen MR) is 71.2 cm³/mol.